The number of methoxy groups -OCH3 is 2. The van der Waals surface area contributed by atoms with E-state index in [0.717, 1.165) is 0 Å². The summed E-state index contributed by atoms with van der Waals surface area (Å²) < 4.78 is 19.1. The molecule has 0 saturated carbocycles. The number of allylic oxidation sites excluding steroid dienone is 1. The van der Waals surface area contributed by atoms with Crippen molar-refractivity contribution >= 4 is 51.9 Å². The van der Waals surface area contributed by atoms with Gasteiger partial charge in [0.15, 0.2) is 22.9 Å². The van der Waals surface area contributed by atoms with E-state index in [1.807, 2.05) is 60.7 Å². The average Bonchev–Trinajstić information content (AvgIpc) is 3.25. The predicted octanol–water partition coefficient (Wildman–Crippen LogP) is 3.19. The number of amides is 1. The number of fused-ring (bicyclic) bond motifs is 1. The number of rotatable bonds is 10. The Kier molecular flexibility index (Phi) is 9.53. The number of ether oxygens (including phenoxy) is 3. The highest BCUT2D eigenvalue weighted by Gasteiger charge is 2.35. The number of likely N-dealkylation sites (N-methyl/N-ethyl adjacent to an activating group) is 1. The van der Waals surface area contributed by atoms with Gasteiger partial charge in [-0.1, -0.05) is 29.5 Å². The summed E-state index contributed by atoms with van der Waals surface area (Å²) in [7, 11) is 3.02. The van der Waals surface area contributed by atoms with Crippen molar-refractivity contribution in [2.24, 2.45) is 4.99 Å². The Morgan fingerprint density at radius 2 is 1.83 bits per heavy atom. The number of aromatic nitrogens is 1. The first-order chi connectivity index (χ1) is 19.6. The van der Waals surface area contributed by atoms with Gasteiger partial charge >= 0.3 is 5.97 Å². The van der Waals surface area contributed by atoms with Crippen molar-refractivity contribution in [2.75, 3.05) is 33.9 Å². The lowest BCUT2D eigenvalue weighted by molar-refractivity contribution is -0.139. The second-order valence-corrected chi connectivity index (χ2v) is 11.2. The fraction of sp³-hybridized carbons (Fsp3) is 0.310. The molecule has 2 aromatic carbocycles. The molecule has 1 N–H and O–H groups in total. The molecule has 2 heterocycles. The first kappa shape index (κ1) is 30.3. The summed E-state index contributed by atoms with van der Waals surface area (Å²) in [6.07, 6.45) is 1.72. The molecule has 0 spiro atoms. The number of aliphatic carboxylic acids is 1. The molecule has 10 nitrogen and oxygen atoms in total. The molecule has 1 aliphatic heterocycles. The van der Waals surface area contributed by atoms with Gasteiger partial charge in [-0.25, -0.2) is 9.79 Å². The summed E-state index contributed by atoms with van der Waals surface area (Å²) in [6, 6.07) is 10.1. The number of para-hydroxylation sites is 1. The van der Waals surface area contributed by atoms with Gasteiger partial charge in [0.05, 0.1) is 33.6 Å². The monoisotopic (exact) mass is 691 g/mol. The summed E-state index contributed by atoms with van der Waals surface area (Å²) in [4.78, 5) is 45.7. The summed E-state index contributed by atoms with van der Waals surface area (Å²) in [5.74, 6) is -0.0835. The second kappa shape index (κ2) is 12.9. The Morgan fingerprint density at radius 1 is 1.15 bits per heavy atom. The Bertz CT molecular complexity index is 1710. The third-order valence-corrected chi connectivity index (χ3v) is 8.41. The van der Waals surface area contributed by atoms with Gasteiger partial charge in [0.2, 0.25) is 0 Å². The number of carboxylic acid groups (broad SMARTS) is 1. The largest absolute Gasteiger partial charge is 0.496 e. The highest BCUT2D eigenvalue weighted by molar-refractivity contribution is 14.1. The van der Waals surface area contributed by atoms with Gasteiger partial charge in [0.1, 0.15) is 11.8 Å². The van der Waals surface area contributed by atoms with Crippen molar-refractivity contribution in [1.29, 1.82) is 0 Å². The van der Waals surface area contributed by atoms with E-state index in [9.17, 15) is 14.4 Å². The van der Waals surface area contributed by atoms with E-state index in [1.165, 1.54) is 18.4 Å². The quantitative estimate of drug-likeness (QED) is 0.325. The van der Waals surface area contributed by atoms with Gasteiger partial charge in [-0.3, -0.25) is 14.2 Å². The second-order valence-electron chi connectivity index (χ2n) is 9.02. The number of halogens is 1. The number of carbonyl (C=O) groups is 2. The predicted molar refractivity (Wildman–Crippen MR) is 164 cm³/mol. The van der Waals surface area contributed by atoms with Crippen LogP contribution in [0.3, 0.4) is 0 Å². The van der Waals surface area contributed by atoms with Crippen LogP contribution in [0.5, 0.6) is 17.2 Å². The van der Waals surface area contributed by atoms with Crippen LogP contribution in [0.4, 0.5) is 0 Å². The SMILES string of the molecule is CCN(CC)C(=O)C1=C(C)N=c2s/c(=C/c3cc(I)c(OCC(=O)O)c(OC)c3)c(=O)n2[C@@H]1c1ccccc1OC. The van der Waals surface area contributed by atoms with Gasteiger partial charge in [-0.2, -0.15) is 0 Å². The van der Waals surface area contributed by atoms with Crippen molar-refractivity contribution in [3.63, 3.8) is 0 Å². The summed E-state index contributed by atoms with van der Waals surface area (Å²) in [5.41, 5.74) is 2.00. The lowest BCUT2D eigenvalue weighted by Crippen LogP contribution is -2.43. The zero-order valence-corrected chi connectivity index (χ0v) is 26.2. The van der Waals surface area contributed by atoms with Gasteiger partial charge < -0.3 is 24.2 Å². The van der Waals surface area contributed by atoms with Gasteiger partial charge in [-0.05, 0) is 73.2 Å². The number of carboxylic acids is 1. The van der Waals surface area contributed by atoms with E-state index >= 15 is 0 Å². The average molecular weight is 692 g/mol. The number of hydrogen-bond acceptors (Lipinski definition) is 8. The van der Waals surface area contributed by atoms with Crippen LogP contribution in [0.15, 0.2) is 57.5 Å². The molecule has 0 unspecified atom stereocenters. The maximum absolute atomic E-state index is 14.0. The molecule has 1 aromatic heterocycles. The molecule has 1 aliphatic rings. The Morgan fingerprint density at radius 3 is 2.46 bits per heavy atom. The fourth-order valence-electron chi connectivity index (χ4n) is 4.71. The third kappa shape index (κ3) is 6.03. The lowest BCUT2D eigenvalue weighted by atomic mass is 9.94. The molecule has 3 aromatic rings. The standard InChI is InChI=1S/C29H30IN3O7S/c1-6-32(7-2)28(37)24-16(3)31-29-33(25(24)18-10-8-9-11-20(18)38-4)27(36)22(41-29)14-17-12-19(30)26(21(13-17)39-5)40-15-23(34)35/h8-14,25H,6-7,15H2,1-5H3,(H,34,35)/b22-14+/t25-/m1/s1. The topological polar surface area (TPSA) is 120 Å². The van der Waals surface area contributed by atoms with Gasteiger partial charge in [0, 0.05) is 18.7 Å². The fourth-order valence-corrected chi connectivity index (χ4v) is 6.54. The minimum atomic E-state index is -1.10. The van der Waals surface area contributed by atoms with E-state index < -0.39 is 18.6 Å². The highest BCUT2D eigenvalue weighted by atomic mass is 127. The molecule has 41 heavy (non-hydrogen) atoms. The Balaban J connectivity index is 1.93. The molecule has 4 rings (SSSR count). The summed E-state index contributed by atoms with van der Waals surface area (Å²) in [6.45, 7) is 6.14. The molecule has 0 radical (unpaired) electrons. The van der Waals surface area contributed by atoms with Crippen molar-refractivity contribution in [2.45, 2.75) is 26.8 Å². The molecular weight excluding hydrogens is 661 g/mol. The molecule has 0 fully saturated rings. The van der Waals surface area contributed by atoms with Crippen LogP contribution in [-0.2, 0) is 9.59 Å². The maximum Gasteiger partial charge on any atom is 0.341 e. The summed E-state index contributed by atoms with van der Waals surface area (Å²) >= 11 is 3.26. The van der Waals surface area contributed by atoms with E-state index in [4.69, 9.17) is 24.3 Å². The van der Waals surface area contributed by atoms with Crippen LogP contribution in [0.25, 0.3) is 6.08 Å². The number of hydrogen-bond donors (Lipinski definition) is 1. The molecule has 12 heteroatoms. The van der Waals surface area contributed by atoms with E-state index in [1.54, 1.807) is 41.7 Å². The maximum atomic E-state index is 14.0. The smallest absolute Gasteiger partial charge is 0.341 e. The number of carbonyl (C=O) groups excluding carboxylic acids is 1. The minimum Gasteiger partial charge on any atom is -0.496 e. The molecule has 0 saturated heterocycles. The first-order valence-corrected chi connectivity index (χ1v) is 14.7. The van der Waals surface area contributed by atoms with Crippen molar-refractivity contribution < 1.29 is 28.9 Å². The number of thiazole rings is 1. The van der Waals surface area contributed by atoms with Crippen LogP contribution >= 0.6 is 33.9 Å². The zero-order chi connectivity index (χ0) is 29.8. The highest BCUT2D eigenvalue weighted by Crippen LogP contribution is 2.36. The molecular formula is C29H30IN3O7S. The number of benzene rings is 2. The third-order valence-electron chi connectivity index (χ3n) is 6.63. The van der Waals surface area contributed by atoms with E-state index in [0.29, 0.717) is 65.6 Å². The van der Waals surface area contributed by atoms with Crippen LogP contribution in [0, 0.1) is 3.57 Å². The lowest BCUT2D eigenvalue weighted by Gasteiger charge is -2.29. The van der Waals surface area contributed by atoms with Crippen molar-refractivity contribution in [1.82, 2.24) is 9.47 Å². The van der Waals surface area contributed by atoms with Crippen LogP contribution in [0.2, 0.25) is 0 Å². The number of nitrogens with zero attached hydrogens (tertiary/aromatic N) is 3. The van der Waals surface area contributed by atoms with E-state index in [-0.39, 0.29) is 11.5 Å². The van der Waals surface area contributed by atoms with Crippen molar-refractivity contribution in [3.8, 4) is 17.2 Å². The van der Waals surface area contributed by atoms with Crippen LogP contribution < -0.4 is 29.1 Å². The van der Waals surface area contributed by atoms with Crippen LogP contribution in [0.1, 0.15) is 37.9 Å². The van der Waals surface area contributed by atoms with Crippen molar-refractivity contribution in [3.05, 3.63) is 82.1 Å². The first-order valence-electron chi connectivity index (χ1n) is 12.8. The van der Waals surface area contributed by atoms with Crippen LogP contribution in [-0.4, -0.2) is 60.4 Å². The molecule has 0 bridgehead atoms. The normalized spacial score (nSPS) is 14.8. The molecule has 0 aliphatic carbocycles. The minimum absolute atomic E-state index is 0.183. The molecule has 1 atom stereocenters. The van der Waals surface area contributed by atoms with Gasteiger partial charge in [-0.15, -0.1) is 0 Å². The molecule has 1 amide bonds. The summed E-state index contributed by atoms with van der Waals surface area (Å²) in [5, 5.41) is 9.00. The zero-order valence-electron chi connectivity index (χ0n) is 23.3. The van der Waals surface area contributed by atoms with Gasteiger partial charge in [0.25, 0.3) is 11.5 Å². The Hall–Kier alpha value is -3.65. The van der Waals surface area contributed by atoms with E-state index in [2.05, 4.69) is 0 Å². The molecule has 216 valence electrons. The Labute approximate surface area is 254 Å².